The topological polar surface area (TPSA) is 81.4 Å². The first kappa shape index (κ1) is 12.0. The van der Waals surface area contributed by atoms with Gasteiger partial charge in [-0.05, 0) is 5.92 Å². The average molecular weight is 186 g/mol. The molecule has 0 saturated heterocycles. The molecule has 0 spiro atoms. The van der Waals surface area contributed by atoms with Gasteiger partial charge >= 0.3 is 13.4 Å². The van der Waals surface area contributed by atoms with Crippen LogP contribution in [0, 0.1) is 5.92 Å². The van der Waals surface area contributed by atoms with Crippen molar-refractivity contribution in [2.75, 3.05) is 7.11 Å². The third kappa shape index (κ3) is 3.94. The summed E-state index contributed by atoms with van der Waals surface area (Å²) in [7, 11) is 1.16. The molecule has 0 heterocycles. The summed E-state index contributed by atoms with van der Waals surface area (Å²) < 4.78 is 4.52. The van der Waals surface area contributed by atoms with E-state index < -0.39 is 12.0 Å². The molecule has 0 aromatic carbocycles. The molecule has 0 aliphatic rings. The van der Waals surface area contributed by atoms with Gasteiger partial charge in [0.15, 0.2) is 5.81 Å². The Balaban J connectivity index is 4.26. The SMILES string of the molecule is COC(=O)[C@@H](NC(=O)BN)C(C)C. The van der Waals surface area contributed by atoms with Gasteiger partial charge in [0.25, 0.3) is 0 Å². The molecule has 0 bridgehead atoms. The van der Waals surface area contributed by atoms with Crippen LogP contribution in [0.2, 0.25) is 0 Å². The second-order valence-corrected chi connectivity index (χ2v) is 3.02. The molecular formula is C7H15BN2O3. The molecule has 0 unspecified atom stereocenters. The molecule has 13 heavy (non-hydrogen) atoms. The van der Waals surface area contributed by atoms with Gasteiger partial charge in [0.2, 0.25) is 0 Å². The monoisotopic (exact) mass is 186 g/mol. The highest BCUT2D eigenvalue weighted by Crippen LogP contribution is 2.02. The lowest BCUT2D eigenvalue weighted by molar-refractivity contribution is -0.143. The van der Waals surface area contributed by atoms with Gasteiger partial charge in [-0.25, -0.2) is 4.79 Å². The molecule has 0 radical (unpaired) electrons. The average Bonchev–Trinajstić information content (AvgIpc) is 2.11. The molecule has 0 fully saturated rings. The highest BCUT2D eigenvalue weighted by Gasteiger charge is 2.24. The Morgan fingerprint density at radius 2 is 2.00 bits per heavy atom. The van der Waals surface area contributed by atoms with Crippen molar-refractivity contribution in [2.45, 2.75) is 19.9 Å². The number of methoxy groups -OCH3 is 1. The van der Waals surface area contributed by atoms with E-state index in [-0.39, 0.29) is 19.1 Å². The van der Waals surface area contributed by atoms with E-state index in [2.05, 4.69) is 10.1 Å². The Hall–Kier alpha value is -1.04. The fraction of sp³-hybridized carbons (Fsp3) is 0.714. The van der Waals surface area contributed by atoms with E-state index in [4.69, 9.17) is 5.64 Å². The Kier molecular flexibility index (Phi) is 5.14. The van der Waals surface area contributed by atoms with Gasteiger partial charge in [-0.3, -0.25) is 4.79 Å². The largest absolute Gasteiger partial charge is 0.467 e. The van der Waals surface area contributed by atoms with Crippen molar-refractivity contribution in [1.82, 2.24) is 5.32 Å². The molecule has 0 aliphatic carbocycles. The summed E-state index contributed by atoms with van der Waals surface area (Å²) >= 11 is 0. The summed E-state index contributed by atoms with van der Waals surface area (Å²) in [4.78, 5) is 22.0. The van der Waals surface area contributed by atoms with Crippen molar-refractivity contribution in [3.63, 3.8) is 0 Å². The van der Waals surface area contributed by atoms with Crippen molar-refractivity contribution in [1.29, 1.82) is 0 Å². The van der Waals surface area contributed by atoms with Crippen molar-refractivity contribution in [3.05, 3.63) is 0 Å². The number of carbonyl (C=O) groups excluding carboxylic acids is 2. The lowest BCUT2D eigenvalue weighted by Crippen LogP contribution is -2.47. The minimum atomic E-state index is -0.610. The maximum Gasteiger partial charge on any atom is 0.328 e. The maximum absolute atomic E-state index is 11.1. The zero-order chi connectivity index (χ0) is 10.4. The molecule has 0 aromatic rings. The van der Waals surface area contributed by atoms with Gasteiger partial charge in [0.1, 0.15) is 6.04 Å². The Morgan fingerprint density at radius 1 is 1.46 bits per heavy atom. The first-order valence-corrected chi connectivity index (χ1v) is 4.10. The standard InChI is InChI=1S/C7H15BN2O3/c1-4(2)5(6(11)13-3)10-7(12)8-9/h4-5,8H,9H2,1-3H3,(H,10,12)/t5-/m0/s1. The number of nitrogens with one attached hydrogen (secondary N) is 1. The Bertz CT molecular complexity index is 196. The van der Waals surface area contributed by atoms with Crippen LogP contribution in [0.5, 0.6) is 0 Å². The molecule has 0 aliphatic heterocycles. The summed E-state index contributed by atoms with van der Waals surface area (Å²) in [5.41, 5.74) is 5.10. The summed E-state index contributed by atoms with van der Waals surface area (Å²) in [6.45, 7) is 3.64. The van der Waals surface area contributed by atoms with Crippen LogP contribution in [0.4, 0.5) is 4.79 Å². The summed E-state index contributed by atoms with van der Waals surface area (Å²) in [6.07, 6.45) is 0. The molecule has 3 N–H and O–H groups in total. The Morgan fingerprint density at radius 3 is 2.31 bits per heavy atom. The van der Waals surface area contributed by atoms with Crippen LogP contribution in [-0.4, -0.2) is 32.3 Å². The van der Waals surface area contributed by atoms with Crippen LogP contribution >= 0.6 is 0 Å². The van der Waals surface area contributed by atoms with Crippen LogP contribution in [0.3, 0.4) is 0 Å². The predicted octanol–water partition coefficient (Wildman–Crippen LogP) is -0.796. The second-order valence-electron chi connectivity index (χ2n) is 3.02. The van der Waals surface area contributed by atoms with E-state index in [1.54, 1.807) is 0 Å². The van der Waals surface area contributed by atoms with Gasteiger partial charge in [0.05, 0.1) is 7.11 Å². The van der Waals surface area contributed by atoms with E-state index in [1.807, 2.05) is 13.8 Å². The third-order valence-electron chi connectivity index (χ3n) is 1.62. The lowest BCUT2D eigenvalue weighted by atomic mass is 9.94. The third-order valence-corrected chi connectivity index (χ3v) is 1.62. The molecule has 6 heteroatoms. The summed E-state index contributed by atoms with van der Waals surface area (Å²) in [5.74, 6) is -0.816. The zero-order valence-electron chi connectivity index (χ0n) is 8.16. The fourth-order valence-electron chi connectivity index (χ4n) is 0.857. The number of rotatable bonds is 4. The molecule has 0 rings (SSSR count). The van der Waals surface area contributed by atoms with Crippen LogP contribution in [0.25, 0.3) is 0 Å². The molecule has 0 aromatic heterocycles. The molecule has 74 valence electrons. The van der Waals surface area contributed by atoms with E-state index in [1.165, 1.54) is 7.11 Å². The minimum absolute atomic E-state index is 0.0112. The van der Waals surface area contributed by atoms with E-state index >= 15 is 0 Å². The van der Waals surface area contributed by atoms with Crippen molar-refractivity contribution in [3.8, 4) is 0 Å². The smallest absolute Gasteiger partial charge is 0.328 e. The van der Waals surface area contributed by atoms with Crippen LogP contribution < -0.4 is 11.0 Å². The lowest BCUT2D eigenvalue weighted by Gasteiger charge is -2.19. The quantitative estimate of drug-likeness (QED) is 0.445. The number of carbonyl (C=O) groups is 2. The molecule has 1 atom stereocenters. The molecule has 1 amide bonds. The number of ether oxygens (including phenoxy) is 1. The Labute approximate surface area is 78.3 Å². The van der Waals surface area contributed by atoms with Gasteiger partial charge < -0.3 is 15.7 Å². The molecule has 5 nitrogen and oxygen atoms in total. The first-order valence-electron chi connectivity index (χ1n) is 4.10. The van der Waals surface area contributed by atoms with E-state index in [9.17, 15) is 9.59 Å². The van der Waals surface area contributed by atoms with Crippen molar-refractivity contribution in [2.24, 2.45) is 11.6 Å². The molecular weight excluding hydrogens is 171 g/mol. The summed E-state index contributed by atoms with van der Waals surface area (Å²) in [5, 5.41) is 2.48. The maximum atomic E-state index is 11.1. The summed E-state index contributed by atoms with van der Waals surface area (Å²) in [6, 6.07) is -0.610. The predicted molar refractivity (Wildman–Crippen MR) is 50.5 cm³/mol. The highest BCUT2D eigenvalue weighted by atomic mass is 16.5. The first-order chi connectivity index (χ1) is 6.02. The normalized spacial score (nSPS) is 12.1. The van der Waals surface area contributed by atoms with Crippen LogP contribution in [0.1, 0.15) is 13.8 Å². The molecule has 0 saturated carbocycles. The number of nitrogens with two attached hydrogens (primary N) is 1. The minimum Gasteiger partial charge on any atom is -0.467 e. The van der Waals surface area contributed by atoms with E-state index in [0.717, 1.165) is 0 Å². The number of amides is 1. The van der Waals surface area contributed by atoms with Gasteiger partial charge in [-0.15, -0.1) is 0 Å². The van der Waals surface area contributed by atoms with Gasteiger partial charge in [0, 0.05) is 0 Å². The van der Waals surface area contributed by atoms with Gasteiger partial charge in [-0.1, -0.05) is 13.8 Å². The number of hydrogen-bond acceptors (Lipinski definition) is 4. The highest BCUT2D eigenvalue weighted by molar-refractivity contribution is 6.70. The number of esters is 1. The second kappa shape index (κ2) is 5.58. The van der Waals surface area contributed by atoms with Crippen LogP contribution in [0.15, 0.2) is 0 Å². The number of hydrogen-bond donors (Lipinski definition) is 2. The van der Waals surface area contributed by atoms with Crippen molar-refractivity contribution < 1.29 is 14.3 Å². The van der Waals surface area contributed by atoms with E-state index in [0.29, 0.717) is 0 Å². The van der Waals surface area contributed by atoms with Crippen LogP contribution in [-0.2, 0) is 9.53 Å². The van der Waals surface area contributed by atoms with Gasteiger partial charge in [-0.2, -0.15) is 0 Å². The zero-order valence-corrected chi connectivity index (χ0v) is 8.16. The fourth-order valence-corrected chi connectivity index (χ4v) is 0.857. The van der Waals surface area contributed by atoms with Crippen molar-refractivity contribution >= 4 is 19.2 Å².